The van der Waals surface area contributed by atoms with Crippen LogP contribution < -0.4 is 10.2 Å². The lowest BCUT2D eigenvalue weighted by Crippen LogP contribution is -2.45. The van der Waals surface area contributed by atoms with Crippen molar-refractivity contribution < 1.29 is 32.9 Å². The third-order valence-corrected chi connectivity index (χ3v) is 15.0. The molecule has 0 aliphatic rings. The summed E-state index contributed by atoms with van der Waals surface area (Å²) in [6.45, 7) is 4.65. The molecule has 2 N–H and O–H groups in total. The average Bonchev–Trinajstić information content (AvgIpc) is 3.34. The Morgan fingerprint density at radius 1 is 0.472 bits per heavy atom. The number of carbonyl (C=O) groups excluding carboxylic acids is 1. The number of carbonyl (C=O) groups is 1. The third-order valence-electron chi connectivity index (χ3n) is 14.0. The van der Waals surface area contributed by atoms with Gasteiger partial charge in [-0.15, -0.1) is 0 Å². The van der Waals surface area contributed by atoms with Crippen molar-refractivity contribution in [1.29, 1.82) is 0 Å². The zero-order chi connectivity index (χ0) is 52.7. The number of phosphoric acid groups is 1. The fraction of sp³-hybridized carbons (Fsp3) is 0.857. The SMILES string of the molecule is CCCCCCCCCCCCC/C=C/CC/C=C/CC/C=C/C(O)C(COP(=O)([O-])OCC[N+](C)(C)C)NC(=O)CCCCCCCCCCCCCCC/C=C\CCCCCCCCCCCCCC. The molecule has 0 saturated carbocycles. The van der Waals surface area contributed by atoms with E-state index in [-0.39, 0.29) is 12.5 Å². The standard InChI is InChI=1S/C63H121N2O6P/c1-6-8-10-12-14-16-18-20-22-24-26-28-29-30-31-32-33-34-35-37-39-41-43-45-47-49-51-53-55-57-63(67)64-61(60-71-72(68,69)70-59-58-65(3,4)5)62(66)56-54-52-50-48-46-44-42-40-38-36-27-25-23-21-19-17-15-13-11-9-7-2/h30-31,38,40,46,48,54,56,61-62,66H,6-29,32-37,39,41-45,47,49-53,55,57-60H2,1-5H3,(H-,64,67,68,69)/b31-30-,40-38+,48-46+,56-54+. The highest BCUT2D eigenvalue weighted by Crippen LogP contribution is 2.38. The van der Waals surface area contributed by atoms with Crippen LogP contribution in [-0.4, -0.2) is 68.5 Å². The smallest absolute Gasteiger partial charge is 0.268 e. The second kappa shape index (κ2) is 54.3. The van der Waals surface area contributed by atoms with Crippen LogP contribution in [0.3, 0.4) is 0 Å². The Morgan fingerprint density at radius 2 is 0.778 bits per heavy atom. The van der Waals surface area contributed by atoms with E-state index in [9.17, 15) is 19.4 Å². The molecular weight excluding hydrogens is 912 g/mol. The summed E-state index contributed by atoms with van der Waals surface area (Å²) in [5, 5.41) is 13.9. The molecule has 0 aromatic rings. The normalized spacial score (nSPS) is 14.2. The van der Waals surface area contributed by atoms with Gasteiger partial charge in [0.25, 0.3) is 7.82 Å². The highest BCUT2D eigenvalue weighted by atomic mass is 31.2. The maximum atomic E-state index is 13.0. The number of phosphoric ester groups is 1. The van der Waals surface area contributed by atoms with E-state index in [1.54, 1.807) is 6.08 Å². The lowest BCUT2D eigenvalue weighted by molar-refractivity contribution is -0.870. The van der Waals surface area contributed by atoms with Crippen molar-refractivity contribution in [1.82, 2.24) is 5.32 Å². The van der Waals surface area contributed by atoms with Crippen LogP contribution in [-0.2, 0) is 18.4 Å². The third kappa shape index (κ3) is 56.2. The van der Waals surface area contributed by atoms with Crippen molar-refractivity contribution in [2.45, 2.75) is 309 Å². The summed E-state index contributed by atoms with van der Waals surface area (Å²) in [5.41, 5.74) is 0. The van der Waals surface area contributed by atoms with Gasteiger partial charge in [0.1, 0.15) is 13.2 Å². The Balaban J connectivity index is 4.18. The molecule has 0 aliphatic carbocycles. The number of aliphatic hydroxyl groups excluding tert-OH is 1. The van der Waals surface area contributed by atoms with E-state index in [1.165, 1.54) is 231 Å². The Labute approximate surface area is 448 Å². The largest absolute Gasteiger partial charge is 0.756 e. The molecule has 0 aromatic carbocycles. The summed E-state index contributed by atoms with van der Waals surface area (Å²) in [6.07, 6.45) is 72.1. The molecule has 3 atom stereocenters. The predicted molar refractivity (Wildman–Crippen MR) is 311 cm³/mol. The summed E-state index contributed by atoms with van der Waals surface area (Å²) < 4.78 is 23.4. The van der Waals surface area contributed by atoms with E-state index in [2.05, 4.69) is 55.6 Å². The van der Waals surface area contributed by atoms with Crippen LogP contribution in [0.25, 0.3) is 0 Å². The zero-order valence-corrected chi connectivity index (χ0v) is 49.3. The van der Waals surface area contributed by atoms with Gasteiger partial charge in [-0.2, -0.15) is 0 Å². The first kappa shape index (κ1) is 70.5. The predicted octanol–water partition coefficient (Wildman–Crippen LogP) is 18.5. The van der Waals surface area contributed by atoms with Gasteiger partial charge in [0.15, 0.2) is 0 Å². The Hall–Kier alpha value is -1.54. The summed E-state index contributed by atoms with van der Waals surface area (Å²) in [4.78, 5) is 25.5. The van der Waals surface area contributed by atoms with Gasteiger partial charge < -0.3 is 28.8 Å². The number of hydrogen-bond donors (Lipinski definition) is 2. The first-order chi connectivity index (χ1) is 35.0. The van der Waals surface area contributed by atoms with E-state index in [1.807, 2.05) is 27.2 Å². The Morgan fingerprint density at radius 3 is 1.12 bits per heavy atom. The highest BCUT2D eigenvalue weighted by Gasteiger charge is 2.23. The Bertz CT molecular complexity index is 1310. The summed E-state index contributed by atoms with van der Waals surface area (Å²) >= 11 is 0. The topological polar surface area (TPSA) is 108 Å². The first-order valence-electron chi connectivity index (χ1n) is 31.0. The van der Waals surface area contributed by atoms with Crippen LogP contribution in [0.1, 0.15) is 296 Å². The molecule has 0 rings (SSSR count). The van der Waals surface area contributed by atoms with Crippen molar-refractivity contribution in [2.24, 2.45) is 0 Å². The molecule has 0 radical (unpaired) electrons. The van der Waals surface area contributed by atoms with Gasteiger partial charge in [-0.1, -0.05) is 268 Å². The van der Waals surface area contributed by atoms with Gasteiger partial charge in [0.2, 0.25) is 5.91 Å². The van der Waals surface area contributed by atoms with Crippen molar-refractivity contribution in [3.05, 3.63) is 48.6 Å². The molecule has 8 nitrogen and oxygen atoms in total. The van der Waals surface area contributed by atoms with Gasteiger partial charge >= 0.3 is 0 Å². The molecule has 0 aromatic heterocycles. The number of amides is 1. The van der Waals surface area contributed by atoms with Crippen molar-refractivity contribution in [3.8, 4) is 0 Å². The van der Waals surface area contributed by atoms with Gasteiger partial charge in [-0.3, -0.25) is 9.36 Å². The molecule has 3 unspecified atom stereocenters. The van der Waals surface area contributed by atoms with E-state index < -0.39 is 26.6 Å². The molecule has 72 heavy (non-hydrogen) atoms. The minimum atomic E-state index is -4.61. The average molecular weight is 1030 g/mol. The molecule has 1 amide bonds. The van der Waals surface area contributed by atoms with Crippen LogP contribution >= 0.6 is 7.82 Å². The quantitative estimate of drug-likeness (QED) is 0.0272. The van der Waals surface area contributed by atoms with E-state index in [0.29, 0.717) is 17.4 Å². The molecule has 0 heterocycles. The summed E-state index contributed by atoms with van der Waals surface area (Å²) in [6, 6.07) is -0.911. The van der Waals surface area contributed by atoms with Crippen molar-refractivity contribution in [3.63, 3.8) is 0 Å². The van der Waals surface area contributed by atoms with Gasteiger partial charge in [0.05, 0.1) is 39.9 Å². The van der Waals surface area contributed by atoms with Gasteiger partial charge in [-0.25, -0.2) is 0 Å². The monoisotopic (exact) mass is 1030 g/mol. The lowest BCUT2D eigenvalue weighted by atomic mass is 10.0. The number of likely N-dealkylation sites (N-methyl/N-ethyl adjacent to an activating group) is 1. The number of nitrogens with zero attached hydrogens (tertiary/aromatic N) is 1. The fourth-order valence-corrected chi connectivity index (χ4v) is 9.85. The number of quaternary nitrogens is 1. The molecule has 0 fully saturated rings. The maximum absolute atomic E-state index is 13.0. The first-order valence-corrected chi connectivity index (χ1v) is 32.5. The second-order valence-corrected chi connectivity index (χ2v) is 23.8. The lowest BCUT2D eigenvalue weighted by Gasteiger charge is -2.29. The van der Waals surface area contributed by atoms with Crippen LogP contribution in [0.5, 0.6) is 0 Å². The number of unbranched alkanes of at least 4 members (excludes halogenated alkanes) is 38. The van der Waals surface area contributed by atoms with E-state index >= 15 is 0 Å². The zero-order valence-electron chi connectivity index (χ0n) is 48.4. The molecule has 424 valence electrons. The number of nitrogens with one attached hydrogen (secondary N) is 1. The minimum Gasteiger partial charge on any atom is -0.756 e. The number of hydrogen-bond acceptors (Lipinski definition) is 6. The minimum absolute atomic E-state index is 0.00894. The molecule has 0 aliphatic heterocycles. The van der Waals surface area contributed by atoms with Crippen LogP contribution in [0.2, 0.25) is 0 Å². The van der Waals surface area contributed by atoms with Gasteiger partial charge in [-0.05, 0) is 70.6 Å². The molecular formula is C63H121N2O6P. The summed E-state index contributed by atoms with van der Waals surface area (Å²) in [5.74, 6) is -0.208. The van der Waals surface area contributed by atoms with Crippen molar-refractivity contribution in [2.75, 3.05) is 40.9 Å². The highest BCUT2D eigenvalue weighted by molar-refractivity contribution is 7.45. The van der Waals surface area contributed by atoms with E-state index in [0.717, 1.165) is 44.9 Å². The molecule has 9 heteroatoms. The van der Waals surface area contributed by atoms with Gasteiger partial charge in [0, 0.05) is 6.42 Å². The van der Waals surface area contributed by atoms with Crippen LogP contribution in [0.4, 0.5) is 0 Å². The second-order valence-electron chi connectivity index (χ2n) is 22.4. The summed E-state index contributed by atoms with van der Waals surface area (Å²) in [7, 11) is 1.24. The van der Waals surface area contributed by atoms with Crippen molar-refractivity contribution >= 4 is 13.7 Å². The molecule has 0 spiro atoms. The number of aliphatic hydroxyl groups is 1. The van der Waals surface area contributed by atoms with Crippen LogP contribution in [0.15, 0.2) is 48.6 Å². The Kier molecular flexibility index (Phi) is 53.1. The molecule has 0 bridgehead atoms. The fourth-order valence-electron chi connectivity index (χ4n) is 9.12. The number of allylic oxidation sites excluding steroid dienone is 7. The van der Waals surface area contributed by atoms with E-state index in [4.69, 9.17) is 9.05 Å². The van der Waals surface area contributed by atoms with Crippen LogP contribution in [0, 0.1) is 0 Å². The maximum Gasteiger partial charge on any atom is 0.268 e. The number of rotatable bonds is 57. The molecule has 0 saturated heterocycles.